The summed E-state index contributed by atoms with van der Waals surface area (Å²) in [6.45, 7) is 2.24. The van der Waals surface area contributed by atoms with E-state index >= 15 is 0 Å². The molecule has 0 N–H and O–H groups in total. The van der Waals surface area contributed by atoms with E-state index in [1.165, 1.54) is 69.9 Å². The highest BCUT2D eigenvalue weighted by Gasteiger charge is 2.36. The Hall–Kier alpha value is -1.43. The molecule has 1 aromatic rings. The van der Waals surface area contributed by atoms with E-state index in [9.17, 15) is 18.5 Å². The second kappa shape index (κ2) is 14.6. The van der Waals surface area contributed by atoms with E-state index in [0.29, 0.717) is 6.42 Å². The largest absolute Gasteiger partial charge is 0.314 e. The number of unbranched alkanes of at least 4 members (excludes halogenated alkanes) is 12. The van der Waals surface area contributed by atoms with Crippen LogP contribution in [0, 0.1) is 10.1 Å². The van der Waals surface area contributed by atoms with E-state index in [0.717, 1.165) is 19.3 Å². The number of benzene rings is 1. The van der Waals surface area contributed by atoms with Gasteiger partial charge in [-0.3, -0.25) is 10.1 Å². The van der Waals surface area contributed by atoms with E-state index in [4.69, 9.17) is 0 Å². The highest BCUT2D eigenvalue weighted by molar-refractivity contribution is 7.91. The second-order valence-electron chi connectivity index (χ2n) is 7.63. The van der Waals surface area contributed by atoms with Gasteiger partial charge in [0.05, 0.1) is 4.90 Å². The topological polar surface area (TPSA) is 77.3 Å². The lowest BCUT2D eigenvalue weighted by atomic mass is 10.0. The van der Waals surface area contributed by atoms with Crippen molar-refractivity contribution in [2.45, 2.75) is 107 Å². The zero-order valence-electron chi connectivity index (χ0n) is 17.4. The first-order valence-electron chi connectivity index (χ1n) is 10.9. The standard InChI is InChI=1S/C22H37NO4S/c1-2-3-4-5-6-7-8-9-10-11-12-13-17-20-22(23(24)25)28(26,27)21-18-15-14-16-19-21/h14-16,18-19,22H,2-13,17,20H2,1H3/t22-/m0/s1. The maximum Gasteiger partial charge on any atom is 0.314 e. The molecular weight excluding hydrogens is 374 g/mol. The summed E-state index contributed by atoms with van der Waals surface area (Å²) < 4.78 is 25.0. The third kappa shape index (κ3) is 9.67. The minimum atomic E-state index is -3.92. The molecule has 160 valence electrons. The molecule has 0 radical (unpaired) electrons. The fourth-order valence-corrected chi connectivity index (χ4v) is 5.03. The first-order chi connectivity index (χ1) is 13.5. The Morgan fingerprint density at radius 2 is 1.21 bits per heavy atom. The van der Waals surface area contributed by atoms with Crippen molar-refractivity contribution in [3.8, 4) is 0 Å². The predicted molar refractivity (Wildman–Crippen MR) is 115 cm³/mol. The van der Waals surface area contributed by atoms with E-state index in [1.807, 2.05) is 0 Å². The molecule has 1 rings (SSSR count). The number of nitrogens with zero attached hydrogens (tertiary/aromatic N) is 1. The summed E-state index contributed by atoms with van der Waals surface area (Å²) in [4.78, 5) is 10.7. The third-order valence-electron chi connectivity index (χ3n) is 5.22. The Labute approximate surface area is 171 Å². The van der Waals surface area contributed by atoms with Gasteiger partial charge in [-0.25, -0.2) is 8.42 Å². The highest BCUT2D eigenvalue weighted by Crippen LogP contribution is 2.21. The average Bonchev–Trinajstić information content (AvgIpc) is 2.68. The fraction of sp³-hybridized carbons (Fsp3) is 0.727. The molecule has 0 aromatic heterocycles. The van der Waals surface area contributed by atoms with Crippen molar-refractivity contribution in [1.82, 2.24) is 0 Å². The number of sulfone groups is 1. The van der Waals surface area contributed by atoms with Crippen molar-refractivity contribution in [3.63, 3.8) is 0 Å². The highest BCUT2D eigenvalue weighted by atomic mass is 32.2. The van der Waals surface area contributed by atoms with Gasteiger partial charge in [0.2, 0.25) is 9.84 Å². The summed E-state index contributed by atoms with van der Waals surface area (Å²) in [6, 6.07) is 7.74. The quantitative estimate of drug-likeness (QED) is 0.165. The van der Waals surface area contributed by atoms with Crippen LogP contribution in [-0.4, -0.2) is 18.7 Å². The van der Waals surface area contributed by atoms with Gasteiger partial charge in [-0.05, 0) is 18.6 Å². The summed E-state index contributed by atoms with van der Waals surface area (Å²) in [5.41, 5.74) is 0. The van der Waals surface area contributed by atoms with Crippen molar-refractivity contribution in [3.05, 3.63) is 40.4 Å². The molecule has 0 unspecified atom stereocenters. The number of nitro groups is 1. The normalized spacial score (nSPS) is 12.8. The molecular formula is C22H37NO4S. The summed E-state index contributed by atoms with van der Waals surface area (Å²) in [5.74, 6) is 0. The minimum absolute atomic E-state index is 0.0337. The second-order valence-corrected chi connectivity index (χ2v) is 9.73. The lowest BCUT2D eigenvalue weighted by Crippen LogP contribution is -2.29. The Morgan fingerprint density at radius 3 is 1.64 bits per heavy atom. The molecule has 5 nitrogen and oxygen atoms in total. The van der Waals surface area contributed by atoms with E-state index in [-0.39, 0.29) is 11.3 Å². The first-order valence-corrected chi connectivity index (χ1v) is 12.5. The van der Waals surface area contributed by atoms with Crippen molar-refractivity contribution < 1.29 is 13.3 Å². The molecule has 0 saturated carbocycles. The van der Waals surface area contributed by atoms with Crippen LogP contribution in [0.5, 0.6) is 0 Å². The molecule has 1 aromatic carbocycles. The minimum Gasteiger partial charge on any atom is -0.263 e. The van der Waals surface area contributed by atoms with Crippen LogP contribution in [0.2, 0.25) is 0 Å². The molecule has 0 fully saturated rings. The van der Waals surface area contributed by atoms with Crippen LogP contribution in [0.1, 0.15) is 96.8 Å². The summed E-state index contributed by atoms with van der Waals surface area (Å²) in [5, 5.41) is 9.76. The summed E-state index contributed by atoms with van der Waals surface area (Å²) in [7, 11) is -3.92. The SMILES string of the molecule is CCCCCCCCCCCCCCC[C@@H]([N+](=O)[O-])S(=O)(=O)c1ccccc1. The van der Waals surface area contributed by atoms with Crippen LogP contribution in [0.25, 0.3) is 0 Å². The Morgan fingerprint density at radius 1 is 0.786 bits per heavy atom. The average molecular weight is 412 g/mol. The van der Waals surface area contributed by atoms with E-state index in [1.54, 1.807) is 18.2 Å². The van der Waals surface area contributed by atoms with E-state index < -0.39 is 20.1 Å². The maximum absolute atomic E-state index is 12.5. The van der Waals surface area contributed by atoms with Gasteiger partial charge in [0.25, 0.3) is 0 Å². The number of rotatable bonds is 17. The Balaban J connectivity index is 2.16. The molecule has 0 aliphatic heterocycles. The molecule has 28 heavy (non-hydrogen) atoms. The van der Waals surface area contributed by atoms with Crippen LogP contribution in [0.15, 0.2) is 35.2 Å². The zero-order valence-corrected chi connectivity index (χ0v) is 18.2. The van der Waals surface area contributed by atoms with Gasteiger partial charge >= 0.3 is 5.37 Å². The molecule has 0 aliphatic rings. The smallest absolute Gasteiger partial charge is 0.263 e. The van der Waals surface area contributed by atoms with Gasteiger partial charge in [0.15, 0.2) is 0 Å². The molecule has 0 aliphatic carbocycles. The molecule has 0 heterocycles. The zero-order chi connectivity index (χ0) is 20.7. The van der Waals surface area contributed by atoms with Gasteiger partial charge in [0, 0.05) is 11.3 Å². The number of hydrogen-bond acceptors (Lipinski definition) is 4. The van der Waals surface area contributed by atoms with Gasteiger partial charge in [-0.15, -0.1) is 0 Å². The van der Waals surface area contributed by atoms with Gasteiger partial charge < -0.3 is 0 Å². The lowest BCUT2D eigenvalue weighted by molar-refractivity contribution is -0.498. The van der Waals surface area contributed by atoms with Gasteiger partial charge in [-0.1, -0.05) is 102 Å². The molecule has 1 atom stereocenters. The van der Waals surface area contributed by atoms with Crippen molar-refractivity contribution in [1.29, 1.82) is 0 Å². The van der Waals surface area contributed by atoms with Gasteiger partial charge in [0.1, 0.15) is 0 Å². The fourth-order valence-electron chi connectivity index (χ4n) is 3.48. The molecule has 0 spiro atoms. The third-order valence-corrected chi connectivity index (χ3v) is 7.27. The Bertz CT molecular complexity index is 631. The monoisotopic (exact) mass is 411 g/mol. The van der Waals surface area contributed by atoms with Crippen LogP contribution in [0.3, 0.4) is 0 Å². The van der Waals surface area contributed by atoms with Crippen LogP contribution in [0.4, 0.5) is 0 Å². The van der Waals surface area contributed by atoms with Gasteiger partial charge in [-0.2, -0.15) is 0 Å². The summed E-state index contributed by atoms with van der Waals surface area (Å²) >= 11 is 0. The Kier molecular flexibility index (Phi) is 12.8. The van der Waals surface area contributed by atoms with Crippen molar-refractivity contribution in [2.75, 3.05) is 0 Å². The first kappa shape index (κ1) is 24.6. The van der Waals surface area contributed by atoms with Crippen molar-refractivity contribution >= 4 is 9.84 Å². The predicted octanol–water partition coefficient (Wildman–Crippen LogP) is 6.54. The lowest BCUT2D eigenvalue weighted by Gasteiger charge is -2.11. The number of hydrogen-bond donors (Lipinski definition) is 0. The molecule has 0 bridgehead atoms. The van der Waals surface area contributed by atoms with Crippen LogP contribution < -0.4 is 0 Å². The summed E-state index contributed by atoms with van der Waals surface area (Å²) in [6.07, 6.45) is 15.5. The van der Waals surface area contributed by atoms with E-state index in [2.05, 4.69) is 6.92 Å². The molecule has 0 amide bonds. The van der Waals surface area contributed by atoms with Crippen LogP contribution in [-0.2, 0) is 9.84 Å². The van der Waals surface area contributed by atoms with Crippen molar-refractivity contribution in [2.24, 2.45) is 0 Å². The maximum atomic E-state index is 12.5. The van der Waals surface area contributed by atoms with Crippen LogP contribution >= 0.6 is 0 Å². The molecule has 0 saturated heterocycles. The molecule has 6 heteroatoms.